The van der Waals surface area contributed by atoms with Crippen LogP contribution in [0.15, 0.2) is 65.8 Å². The fraction of sp³-hybridized carbons (Fsp3) is 0.188. The fourth-order valence-corrected chi connectivity index (χ4v) is 1.71. The van der Waals surface area contributed by atoms with E-state index >= 15 is 0 Å². The molecule has 2 rings (SSSR count). The Labute approximate surface area is 114 Å². The minimum absolute atomic E-state index is 0.451. The van der Waals surface area contributed by atoms with Crippen LogP contribution in [-0.2, 0) is 0 Å². The maximum Gasteiger partial charge on any atom is 0.133 e. The van der Waals surface area contributed by atoms with Crippen LogP contribution >= 0.6 is 0 Å². The van der Waals surface area contributed by atoms with Gasteiger partial charge in [0.1, 0.15) is 18.1 Å². The third kappa shape index (κ3) is 4.14. The molecule has 0 spiro atoms. The van der Waals surface area contributed by atoms with Gasteiger partial charge in [0.15, 0.2) is 0 Å². The molecule has 3 heteroatoms. The molecule has 0 heterocycles. The highest BCUT2D eigenvalue weighted by Crippen LogP contribution is 2.10. The van der Waals surface area contributed by atoms with Gasteiger partial charge in [-0.25, -0.2) is 0 Å². The van der Waals surface area contributed by atoms with Gasteiger partial charge in [-0.05, 0) is 12.1 Å². The molecule has 2 aromatic rings. The molecule has 3 nitrogen and oxygen atoms in total. The van der Waals surface area contributed by atoms with E-state index in [-0.39, 0.29) is 0 Å². The molecule has 0 aromatic heterocycles. The maximum absolute atomic E-state index is 5.77. The number of para-hydroxylation sites is 1. The fourth-order valence-electron chi connectivity index (χ4n) is 1.71. The van der Waals surface area contributed by atoms with Crippen molar-refractivity contribution in [3.63, 3.8) is 0 Å². The smallest absolute Gasteiger partial charge is 0.133 e. The molecule has 0 unspecified atom stereocenters. The Morgan fingerprint density at radius 3 is 2.11 bits per heavy atom. The third-order valence-electron chi connectivity index (χ3n) is 2.55. The van der Waals surface area contributed by atoms with Crippen LogP contribution in [0.2, 0.25) is 0 Å². The van der Waals surface area contributed by atoms with Gasteiger partial charge >= 0.3 is 0 Å². The first-order chi connectivity index (χ1) is 9.25. The molecule has 0 radical (unpaired) electrons. The van der Waals surface area contributed by atoms with Crippen molar-refractivity contribution in [2.45, 2.75) is 0 Å². The topological polar surface area (TPSA) is 24.8 Å². The second-order valence-electron chi connectivity index (χ2n) is 4.36. The van der Waals surface area contributed by atoms with Crippen molar-refractivity contribution >= 4 is 5.71 Å². The number of benzene rings is 2. The summed E-state index contributed by atoms with van der Waals surface area (Å²) in [4.78, 5) is 0. The first-order valence-corrected chi connectivity index (χ1v) is 6.24. The van der Waals surface area contributed by atoms with E-state index < -0.39 is 0 Å². The van der Waals surface area contributed by atoms with Crippen LogP contribution in [0.4, 0.5) is 0 Å². The summed E-state index contributed by atoms with van der Waals surface area (Å²) < 4.78 is 5.77. The monoisotopic (exact) mass is 254 g/mol. The summed E-state index contributed by atoms with van der Waals surface area (Å²) in [5.41, 5.74) is 1.99. The lowest BCUT2D eigenvalue weighted by Gasteiger charge is -2.12. The molecule has 0 saturated carbocycles. The van der Waals surface area contributed by atoms with Gasteiger partial charge < -0.3 is 9.75 Å². The molecule has 19 heavy (non-hydrogen) atoms. The molecule has 98 valence electrons. The van der Waals surface area contributed by atoms with Crippen molar-refractivity contribution in [1.82, 2.24) is 5.01 Å². The molecule has 0 amide bonds. The van der Waals surface area contributed by atoms with Crippen molar-refractivity contribution in [1.29, 1.82) is 0 Å². The van der Waals surface area contributed by atoms with E-state index in [9.17, 15) is 0 Å². The summed E-state index contributed by atoms with van der Waals surface area (Å²) in [6, 6.07) is 19.9. The summed E-state index contributed by atoms with van der Waals surface area (Å²) in [6.07, 6.45) is 0. The van der Waals surface area contributed by atoms with Crippen molar-refractivity contribution in [2.75, 3.05) is 20.7 Å². The van der Waals surface area contributed by atoms with Gasteiger partial charge in [-0.3, -0.25) is 0 Å². The molecular weight excluding hydrogens is 236 g/mol. The first kappa shape index (κ1) is 13.1. The quantitative estimate of drug-likeness (QED) is 0.605. The predicted octanol–water partition coefficient (Wildman–Crippen LogP) is 3.03. The lowest BCUT2D eigenvalue weighted by atomic mass is 10.1. The van der Waals surface area contributed by atoms with E-state index in [2.05, 4.69) is 5.10 Å². The number of hydrogen-bond donors (Lipinski definition) is 0. The third-order valence-corrected chi connectivity index (χ3v) is 2.55. The second kappa shape index (κ2) is 6.59. The van der Waals surface area contributed by atoms with E-state index in [0.717, 1.165) is 17.0 Å². The Morgan fingerprint density at radius 1 is 0.947 bits per heavy atom. The number of hydrazone groups is 1. The summed E-state index contributed by atoms with van der Waals surface area (Å²) in [6.45, 7) is 0.451. The van der Waals surface area contributed by atoms with Crippen LogP contribution in [0.5, 0.6) is 5.75 Å². The van der Waals surface area contributed by atoms with Gasteiger partial charge in [0.2, 0.25) is 0 Å². The summed E-state index contributed by atoms with van der Waals surface area (Å²) in [5, 5.41) is 6.28. The predicted molar refractivity (Wildman–Crippen MR) is 78.6 cm³/mol. The van der Waals surface area contributed by atoms with Crippen molar-refractivity contribution in [3.8, 4) is 5.75 Å². The van der Waals surface area contributed by atoms with E-state index in [1.807, 2.05) is 74.8 Å². The van der Waals surface area contributed by atoms with Crippen LogP contribution in [-0.4, -0.2) is 31.4 Å². The molecule has 2 aromatic carbocycles. The number of nitrogens with zero attached hydrogens (tertiary/aromatic N) is 2. The summed E-state index contributed by atoms with van der Waals surface area (Å²) in [5.74, 6) is 0.852. The normalized spacial score (nSPS) is 11.2. The minimum Gasteiger partial charge on any atom is -0.487 e. The molecule has 0 atom stereocenters. The Bertz CT molecular complexity index is 521. The zero-order chi connectivity index (χ0) is 13.5. The van der Waals surface area contributed by atoms with Crippen LogP contribution < -0.4 is 4.74 Å². The van der Waals surface area contributed by atoms with Gasteiger partial charge in [0.25, 0.3) is 0 Å². The first-order valence-electron chi connectivity index (χ1n) is 6.24. The summed E-state index contributed by atoms with van der Waals surface area (Å²) >= 11 is 0. The average Bonchev–Trinajstić information content (AvgIpc) is 2.45. The van der Waals surface area contributed by atoms with E-state index in [1.54, 1.807) is 5.01 Å². The standard InChI is InChI=1S/C16H18N2O/c1-18(2)17-16(14-9-5-3-6-10-14)13-19-15-11-7-4-8-12-15/h3-12H,13H2,1-2H3/b17-16-. The lowest BCUT2D eigenvalue weighted by Crippen LogP contribution is -2.17. The van der Waals surface area contributed by atoms with Gasteiger partial charge in [-0.2, -0.15) is 5.10 Å². The molecule has 0 fully saturated rings. The number of ether oxygens (including phenoxy) is 1. The van der Waals surface area contributed by atoms with E-state index in [4.69, 9.17) is 4.74 Å². The largest absolute Gasteiger partial charge is 0.487 e. The number of hydrogen-bond acceptors (Lipinski definition) is 3. The van der Waals surface area contributed by atoms with Crippen LogP contribution in [0.25, 0.3) is 0 Å². The Balaban J connectivity index is 2.12. The van der Waals surface area contributed by atoms with Gasteiger partial charge in [0, 0.05) is 19.7 Å². The maximum atomic E-state index is 5.77. The van der Waals surface area contributed by atoms with Crippen molar-refractivity contribution < 1.29 is 4.74 Å². The molecule has 0 bridgehead atoms. The highest BCUT2D eigenvalue weighted by molar-refractivity contribution is 6.01. The molecule has 0 aliphatic carbocycles. The number of rotatable bonds is 5. The van der Waals surface area contributed by atoms with Crippen LogP contribution in [0.3, 0.4) is 0 Å². The highest BCUT2D eigenvalue weighted by atomic mass is 16.5. The molecule has 0 saturated heterocycles. The van der Waals surface area contributed by atoms with Gasteiger partial charge in [-0.15, -0.1) is 0 Å². The Kier molecular flexibility index (Phi) is 4.56. The van der Waals surface area contributed by atoms with E-state index in [0.29, 0.717) is 6.61 Å². The van der Waals surface area contributed by atoms with E-state index in [1.165, 1.54) is 0 Å². The summed E-state index contributed by atoms with van der Waals surface area (Å²) in [7, 11) is 3.82. The van der Waals surface area contributed by atoms with Crippen molar-refractivity contribution in [3.05, 3.63) is 66.2 Å². The zero-order valence-corrected chi connectivity index (χ0v) is 11.3. The Hall–Kier alpha value is -2.29. The SMILES string of the molecule is CN(C)/N=C(/COc1ccccc1)c1ccccc1. The van der Waals surface area contributed by atoms with Crippen molar-refractivity contribution in [2.24, 2.45) is 5.10 Å². The second-order valence-corrected chi connectivity index (χ2v) is 4.36. The van der Waals surface area contributed by atoms with Crippen LogP contribution in [0, 0.1) is 0 Å². The minimum atomic E-state index is 0.451. The molecular formula is C16H18N2O. The van der Waals surface area contributed by atoms with Crippen LogP contribution in [0.1, 0.15) is 5.56 Å². The lowest BCUT2D eigenvalue weighted by molar-refractivity contribution is 0.367. The van der Waals surface area contributed by atoms with Gasteiger partial charge in [-0.1, -0.05) is 48.5 Å². The molecule has 0 aliphatic rings. The Morgan fingerprint density at radius 2 is 1.53 bits per heavy atom. The van der Waals surface area contributed by atoms with Gasteiger partial charge in [0.05, 0.1) is 0 Å². The zero-order valence-electron chi connectivity index (χ0n) is 11.3. The average molecular weight is 254 g/mol. The highest BCUT2D eigenvalue weighted by Gasteiger charge is 2.05. The molecule has 0 N–H and O–H groups in total. The molecule has 0 aliphatic heterocycles.